The summed E-state index contributed by atoms with van der Waals surface area (Å²) in [6.07, 6.45) is 2.08. The fourth-order valence-electron chi connectivity index (χ4n) is 2.05. The van der Waals surface area contributed by atoms with Gasteiger partial charge in [0.2, 0.25) is 0 Å². The first-order chi connectivity index (χ1) is 9.63. The molecule has 0 saturated carbocycles. The predicted molar refractivity (Wildman–Crippen MR) is 92.5 cm³/mol. The molecular formula is C16H19BrN2S. The second-order valence-corrected chi connectivity index (χ2v) is 6.42. The Morgan fingerprint density at radius 2 is 1.90 bits per heavy atom. The van der Waals surface area contributed by atoms with Crippen LogP contribution in [0.15, 0.2) is 51.8 Å². The van der Waals surface area contributed by atoms with Crippen molar-refractivity contribution in [3.63, 3.8) is 0 Å². The Hall–Kier alpha value is -0.970. The van der Waals surface area contributed by atoms with Crippen LogP contribution in [0.5, 0.6) is 0 Å². The largest absolute Gasteiger partial charge is 0.376 e. The third-order valence-electron chi connectivity index (χ3n) is 3.21. The molecule has 0 heterocycles. The van der Waals surface area contributed by atoms with Crippen molar-refractivity contribution in [2.75, 3.05) is 18.1 Å². The van der Waals surface area contributed by atoms with Gasteiger partial charge in [-0.15, -0.1) is 11.8 Å². The summed E-state index contributed by atoms with van der Waals surface area (Å²) in [6.45, 7) is 2.64. The van der Waals surface area contributed by atoms with Gasteiger partial charge in [-0.05, 0) is 64.5 Å². The molecule has 0 aliphatic rings. The maximum Gasteiger partial charge on any atom is 0.0636 e. The molecule has 0 radical (unpaired) electrons. The van der Waals surface area contributed by atoms with Crippen LogP contribution < -0.4 is 11.1 Å². The van der Waals surface area contributed by atoms with E-state index in [1.807, 2.05) is 0 Å². The molecule has 0 aliphatic carbocycles. The molecule has 3 N–H and O–H groups in total. The summed E-state index contributed by atoms with van der Waals surface area (Å²) in [4.78, 5) is 1.27. The molecule has 2 aromatic rings. The zero-order chi connectivity index (χ0) is 14.5. The molecule has 0 aromatic heterocycles. The minimum absolute atomic E-state index is 0.115. The van der Waals surface area contributed by atoms with E-state index in [-0.39, 0.29) is 6.04 Å². The molecule has 1 atom stereocenters. The molecule has 1 unspecified atom stereocenters. The first-order valence-corrected chi connectivity index (χ1v) is 8.52. The number of benzene rings is 2. The highest BCUT2D eigenvalue weighted by atomic mass is 79.9. The normalized spacial score (nSPS) is 12.2. The van der Waals surface area contributed by atoms with E-state index in [2.05, 4.69) is 76.9 Å². The second kappa shape index (κ2) is 7.16. The Labute approximate surface area is 133 Å². The smallest absolute Gasteiger partial charge is 0.0636 e. The van der Waals surface area contributed by atoms with E-state index >= 15 is 0 Å². The van der Waals surface area contributed by atoms with Crippen molar-refractivity contribution < 1.29 is 0 Å². The van der Waals surface area contributed by atoms with Gasteiger partial charge in [0.25, 0.3) is 0 Å². The third-order valence-corrected chi connectivity index (χ3v) is 4.64. The standard InChI is InChI=1S/C16H19BrN2S/c1-11-3-8-14(17)15(9-11)19-16(10-18)12-4-6-13(20-2)7-5-12/h3-9,16,19H,10,18H2,1-2H3. The highest BCUT2D eigenvalue weighted by Crippen LogP contribution is 2.28. The zero-order valence-corrected chi connectivity index (χ0v) is 14.1. The molecule has 0 aliphatic heterocycles. The number of nitrogens with two attached hydrogens (primary N) is 1. The molecule has 0 saturated heterocycles. The molecule has 0 fully saturated rings. The van der Waals surface area contributed by atoms with Crippen molar-refractivity contribution in [3.8, 4) is 0 Å². The first-order valence-electron chi connectivity index (χ1n) is 6.50. The van der Waals surface area contributed by atoms with E-state index in [0.29, 0.717) is 6.54 Å². The maximum atomic E-state index is 5.93. The maximum absolute atomic E-state index is 5.93. The van der Waals surface area contributed by atoms with Crippen LogP contribution in [0, 0.1) is 6.92 Å². The minimum Gasteiger partial charge on any atom is -0.376 e. The average Bonchev–Trinajstić information content (AvgIpc) is 2.48. The second-order valence-electron chi connectivity index (χ2n) is 4.69. The van der Waals surface area contributed by atoms with E-state index in [9.17, 15) is 0 Å². The summed E-state index contributed by atoms with van der Waals surface area (Å²) in [5, 5.41) is 3.51. The molecule has 2 rings (SSSR count). The van der Waals surface area contributed by atoms with Gasteiger partial charge in [0.15, 0.2) is 0 Å². The molecule has 106 valence electrons. The van der Waals surface area contributed by atoms with Crippen molar-refractivity contribution in [2.24, 2.45) is 5.73 Å². The van der Waals surface area contributed by atoms with Crippen LogP contribution in [-0.4, -0.2) is 12.8 Å². The number of anilines is 1. The van der Waals surface area contributed by atoms with Gasteiger partial charge in [-0.2, -0.15) is 0 Å². The number of hydrogen-bond donors (Lipinski definition) is 2. The van der Waals surface area contributed by atoms with Crippen LogP contribution in [0.1, 0.15) is 17.2 Å². The van der Waals surface area contributed by atoms with Crippen LogP contribution in [0.4, 0.5) is 5.69 Å². The molecule has 0 bridgehead atoms. The van der Waals surface area contributed by atoms with E-state index in [1.165, 1.54) is 16.0 Å². The molecule has 0 spiro atoms. The van der Waals surface area contributed by atoms with E-state index < -0.39 is 0 Å². The number of thioether (sulfide) groups is 1. The first kappa shape index (κ1) is 15.4. The zero-order valence-electron chi connectivity index (χ0n) is 11.7. The monoisotopic (exact) mass is 350 g/mol. The van der Waals surface area contributed by atoms with E-state index in [1.54, 1.807) is 11.8 Å². The van der Waals surface area contributed by atoms with Crippen molar-refractivity contribution in [1.29, 1.82) is 0 Å². The summed E-state index contributed by atoms with van der Waals surface area (Å²) in [5.41, 5.74) is 9.44. The SMILES string of the molecule is CSc1ccc(C(CN)Nc2cc(C)ccc2Br)cc1. The predicted octanol–water partition coefficient (Wildman–Crippen LogP) is 4.59. The molecule has 2 aromatic carbocycles. The summed E-state index contributed by atoms with van der Waals surface area (Å²) < 4.78 is 1.06. The van der Waals surface area contributed by atoms with Gasteiger partial charge in [-0.25, -0.2) is 0 Å². The Morgan fingerprint density at radius 3 is 2.50 bits per heavy atom. The van der Waals surface area contributed by atoms with Crippen LogP contribution >= 0.6 is 27.7 Å². The van der Waals surface area contributed by atoms with Gasteiger partial charge in [0, 0.05) is 21.6 Å². The van der Waals surface area contributed by atoms with Crippen molar-refractivity contribution in [2.45, 2.75) is 17.9 Å². The van der Waals surface area contributed by atoms with Gasteiger partial charge in [0.1, 0.15) is 0 Å². The lowest BCUT2D eigenvalue weighted by molar-refractivity contribution is 0.788. The lowest BCUT2D eigenvalue weighted by Crippen LogP contribution is -2.20. The van der Waals surface area contributed by atoms with Gasteiger partial charge >= 0.3 is 0 Å². The molecule has 0 amide bonds. The fourth-order valence-corrected chi connectivity index (χ4v) is 2.82. The molecule has 20 heavy (non-hydrogen) atoms. The Balaban J connectivity index is 2.21. The van der Waals surface area contributed by atoms with Crippen LogP contribution in [0.3, 0.4) is 0 Å². The lowest BCUT2D eigenvalue weighted by atomic mass is 10.1. The highest BCUT2D eigenvalue weighted by molar-refractivity contribution is 9.10. The van der Waals surface area contributed by atoms with Crippen LogP contribution in [-0.2, 0) is 0 Å². The lowest BCUT2D eigenvalue weighted by Gasteiger charge is -2.20. The van der Waals surface area contributed by atoms with E-state index in [4.69, 9.17) is 5.73 Å². The van der Waals surface area contributed by atoms with Crippen LogP contribution in [0.2, 0.25) is 0 Å². The van der Waals surface area contributed by atoms with Gasteiger partial charge in [-0.3, -0.25) is 0 Å². The number of aryl methyl sites for hydroxylation is 1. The van der Waals surface area contributed by atoms with Gasteiger partial charge in [-0.1, -0.05) is 18.2 Å². The van der Waals surface area contributed by atoms with Crippen LogP contribution in [0.25, 0.3) is 0 Å². The summed E-state index contributed by atoms with van der Waals surface area (Å²) in [7, 11) is 0. The summed E-state index contributed by atoms with van der Waals surface area (Å²) in [5.74, 6) is 0. The Kier molecular flexibility index (Phi) is 5.52. The summed E-state index contributed by atoms with van der Waals surface area (Å²) in [6, 6.07) is 14.9. The average molecular weight is 351 g/mol. The quantitative estimate of drug-likeness (QED) is 0.774. The van der Waals surface area contributed by atoms with Gasteiger partial charge in [0.05, 0.1) is 6.04 Å². The topological polar surface area (TPSA) is 38.0 Å². The highest BCUT2D eigenvalue weighted by Gasteiger charge is 2.11. The molecular weight excluding hydrogens is 332 g/mol. The molecule has 2 nitrogen and oxygen atoms in total. The number of hydrogen-bond acceptors (Lipinski definition) is 3. The summed E-state index contributed by atoms with van der Waals surface area (Å²) >= 11 is 5.32. The number of halogens is 1. The van der Waals surface area contributed by atoms with Crippen molar-refractivity contribution in [3.05, 3.63) is 58.1 Å². The Morgan fingerprint density at radius 1 is 1.20 bits per heavy atom. The molecule has 4 heteroatoms. The van der Waals surface area contributed by atoms with Crippen molar-refractivity contribution in [1.82, 2.24) is 0 Å². The minimum atomic E-state index is 0.115. The third kappa shape index (κ3) is 3.78. The fraction of sp³-hybridized carbons (Fsp3) is 0.250. The Bertz CT molecular complexity index is 569. The van der Waals surface area contributed by atoms with E-state index in [0.717, 1.165) is 10.2 Å². The van der Waals surface area contributed by atoms with Gasteiger partial charge < -0.3 is 11.1 Å². The number of rotatable bonds is 5. The van der Waals surface area contributed by atoms with Crippen molar-refractivity contribution >= 4 is 33.4 Å². The number of nitrogens with one attached hydrogen (secondary N) is 1.